The van der Waals surface area contributed by atoms with E-state index < -0.39 is 0 Å². The summed E-state index contributed by atoms with van der Waals surface area (Å²) in [6, 6.07) is 14.1. The number of benzene rings is 2. The lowest BCUT2D eigenvalue weighted by Crippen LogP contribution is -1.89. The molecule has 3 rings (SSSR count). The van der Waals surface area contributed by atoms with Crippen LogP contribution in [0.25, 0.3) is 21.8 Å². The first-order chi connectivity index (χ1) is 9.65. The fourth-order valence-corrected chi connectivity index (χ4v) is 3.72. The summed E-state index contributed by atoms with van der Waals surface area (Å²) in [5.74, 6) is 0. The maximum atomic E-state index is 6.01. The van der Waals surface area contributed by atoms with Gasteiger partial charge in [0.15, 0.2) is 0 Å². The van der Waals surface area contributed by atoms with Crippen LogP contribution in [0, 0.1) is 6.92 Å². The highest BCUT2D eigenvalue weighted by molar-refractivity contribution is 9.10. The second-order valence-electron chi connectivity index (χ2n) is 4.61. The van der Waals surface area contributed by atoms with E-state index in [4.69, 9.17) is 10.7 Å². The summed E-state index contributed by atoms with van der Waals surface area (Å²) in [5.41, 5.74) is 11.0. The van der Waals surface area contributed by atoms with Gasteiger partial charge in [0, 0.05) is 26.7 Å². The van der Waals surface area contributed by atoms with Gasteiger partial charge in [-0.05, 0) is 24.6 Å². The highest BCUT2D eigenvalue weighted by atomic mass is 79.9. The molecule has 0 amide bonds. The molecule has 0 aliphatic carbocycles. The number of nitrogen functional groups attached to an aromatic ring is 1. The number of rotatable bonds is 2. The first kappa shape index (κ1) is 13.3. The number of hydrogen-bond acceptors (Lipinski definition) is 3. The van der Waals surface area contributed by atoms with Gasteiger partial charge in [0.2, 0.25) is 0 Å². The Morgan fingerprint density at radius 2 is 1.90 bits per heavy atom. The molecule has 0 unspecified atom stereocenters. The van der Waals surface area contributed by atoms with Crippen molar-refractivity contribution in [3.63, 3.8) is 0 Å². The van der Waals surface area contributed by atoms with Crippen molar-refractivity contribution in [1.82, 2.24) is 4.98 Å². The van der Waals surface area contributed by atoms with E-state index in [2.05, 4.69) is 41.1 Å². The van der Waals surface area contributed by atoms with Gasteiger partial charge in [0.1, 0.15) is 5.01 Å². The molecule has 0 aliphatic heterocycles. The third kappa shape index (κ3) is 2.49. The molecule has 3 aromatic rings. The molecule has 4 heteroatoms. The van der Waals surface area contributed by atoms with Gasteiger partial charge in [0.05, 0.1) is 5.69 Å². The second kappa shape index (κ2) is 5.38. The second-order valence-corrected chi connectivity index (χ2v) is 6.32. The van der Waals surface area contributed by atoms with Gasteiger partial charge >= 0.3 is 0 Å². The number of nitrogens with two attached hydrogens (primary N) is 1. The Kier molecular flexibility index (Phi) is 3.59. The van der Waals surface area contributed by atoms with E-state index in [9.17, 15) is 0 Å². The predicted octanol–water partition coefficient (Wildman–Crippen LogP) is 5.13. The summed E-state index contributed by atoms with van der Waals surface area (Å²) in [6.45, 7) is 2.08. The summed E-state index contributed by atoms with van der Waals surface area (Å²) in [6.07, 6.45) is 0. The number of aryl methyl sites for hydroxylation is 1. The molecule has 100 valence electrons. The molecule has 2 aromatic carbocycles. The quantitative estimate of drug-likeness (QED) is 0.654. The molecule has 0 atom stereocenters. The van der Waals surface area contributed by atoms with E-state index in [-0.39, 0.29) is 0 Å². The average molecular weight is 345 g/mol. The maximum absolute atomic E-state index is 6.01. The van der Waals surface area contributed by atoms with Gasteiger partial charge < -0.3 is 5.73 Å². The lowest BCUT2D eigenvalue weighted by Gasteiger charge is -2.03. The Hall–Kier alpha value is -1.65. The molecule has 0 saturated heterocycles. The smallest absolute Gasteiger partial charge is 0.125 e. The molecule has 1 aromatic heterocycles. The number of nitrogens with zero attached hydrogens (tertiary/aromatic N) is 1. The zero-order chi connectivity index (χ0) is 14.1. The monoisotopic (exact) mass is 344 g/mol. The van der Waals surface area contributed by atoms with Gasteiger partial charge in [-0.15, -0.1) is 11.3 Å². The van der Waals surface area contributed by atoms with Crippen LogP contribution in [0.5, 0.6) is 0 Å². The van der Waals surface area contributed by atoms with Gasteiger partial charge in [-0.1, -0.05) is 46.3 Å². The van der Waals surface area contributed by atoms with Crippen LogP contribution in [0.2, 0.25) is 0 Å². The Balaban J connectivity index is 2.04. The molecular weight excluding hydrogens is 332 g/mol. The van der Waals surface area contributed by atoms with Crippen molar-refractivity contribution in [2.24, 2.45) is 0 Å². The van der Waals surface area contributed by atoms with Crippen LogP contribution >= 0.6 is 27.3 Å². The fraction of sp³-hybridized carbons (Fsp3) is 0.0625. The number of thiazole rings is 1. The van der Waals surface area contributed by atoms with Crippen molar-refractivity contribution in [1.29, 1.82) is 0 Å². The molecule has 1 heterocycles. The van der Waals surface area contributed by atoms with Crippen molar-refractivity contribution in [3.8, 4) is 21.8 Å². The number of halogens is 1. The van der Waals surface area contributed by atoms with E-state index in [0.717, 1.165) is 32.0 Å². The summed E-state index contributed by atoms with van der Waals surface area (Å²) in [7, 11) is 0. The maximum Gasteiger partial charge on any atom is 0.125 e. The summed E-state index contributed by atoms with van der Waals surface area (Å²) >= 11 is 5.24. The first-order valence-corrected chi connectivity index (χ1v) is 7.89. The molecule has 0 spiro atoms. The minimum absolute atomic E-state index is 0.757. The van der Waals surface area contributed by atoms with Gasteiger partial charge in [-0.25, -0.2) is 4.98 Å². The number of hydrogen-bond donors (Lipinski definition) is 1. The zero-order valence-corrected chi connectivity index (χ0v) is 13.3. The van der Waals surface area contributed by atoms with Crippen molar-refractivity contribution < 1.29 is 0 Å². The molecule has 0 fully saturated rings. The van der Waals surface area contributed by atoms with Crippen molar-refractivity contribution >= 4 is 33.0 Å². The van der Waals surface area contributed by atoms with E-state index in [0.29, 0.717) is 0 Å². The topological polar surface area (TPSA) is 38.9 Å². The van der Waals surface area contributed by atoms with Crippen molar-refractivity contribution in [2.45, 2.75) is 6.92 Å². The van der Waals surface area contributed by atoms with Crippen LogP contribution in [0.15, 0.2) is 52.3 Å². The first-order valence-electron chi connectivity index (χ1n) is 6.22. The molecule has 20 heavy (non-hydrogen) atoms. The molecular formula is C16H13BrN2S. The van der Waals surface area contributed by atoms with Gasteiger partial charge in [-0.2, -0.15) is 0 Å². The summed E-state index contributed by atoms with van der Waals surface area (Å²) in [5, 5.41) is 3.04. The van der Waals surface area contributed by atoms with Crippen molar-refractivity contribution in [2.75, 3.05) is 5.73 Å². The third-order valence-corrected chi connectivity index (χ3v) is 4.63. The lowest BCUT2D eigenvalue weighted by molar-refractivity contribution is 1.38. The van der Waals surface area contributed by atoms with Crippen molar-refractivity contribution in [3.05, 3.63) is 57.9 Å². The number of para-hydroxylation sites is 1. The van der Waals surface area contributed by atoms with E-state index >= 15 is 0 Å². The third-order valence-electron chi connectivity index (χ3n) is 3.10. The average Bonchev–Trinajstić information content (AvgIpc) is 2.88. The molecule has 0 bridgehead atoms. The molecule has 2 N–H and O–H groups in total. The summed E-state index contributed by atoms with van der Waals surface area (Å²) in [4.78, 5) is 4.71. The van der Waals surface area contributed by atoms with Gasteiger partial charge in [-0.3, -0.25) is 0 Å². The van der Waals surface area contributed by atoms with Crippen LogP contribution < -0.4 is 5.73 Å². The molecule has 2 nitrogen and oxygen atoms in total. The number of anilines is 1. The highest BCUT2D eigenvalue weighted by Gasteiger charge is 2.11. The van der Waals surface area contributed by atoms with E-state index in [1.165, 1.54) is 5.56 Å². The molecule has 0 aliphatic rings. The van der Waals surface area contributed by atoms with Crippen LogP contribution in [0.3, 0.4) is 0 Å². The highest BCUT2D eigenvalue weighted by Crippen LogP contribution is 2.35. The minimum atomic E-state index is 0.757. The predicted molar refractivity (Wildman–Crippen MR) is 89.8 cm³/mol. The SMILES string of the molecule is Cc1ccc(-c2nc(-c3ccccc3N)cs2)c(Br)c1. The van der Waals surface area contributed by atoms with Crippen LogP contribution in [0.4, 0.5) is 5.69 Å². The Morgan fingerprint density at radius 1 is 1.10 bits per heavy atom. The summed E-state index contributed by atoms with van der Waals surface area (Å²) < 4.78 is 1.07. The lowest BCUT2D eigenvalue weighted by atomic mass is 10.1. The largest absolute Gasteiger partial charge is 0.398 e. The Morgan fingerprint density at radius 3 is 2.65 bits per heavy atom. The standard InChI is InChI=1S/C16H13BrN2S/c1-10-6-7-11(13(17)8-10)16-19-15(9-20-16)12-4-2-3-5-14(12)18/h2-9H,18H2,1H3. The Bertz CT molecular complexity index is 765. The minimum Gasteiger partial charge on any atom is -0.398 e. The molecule has 0 radical (unpaired) electrons. The molecule has 0 saturated carbocycles. The van der Waals surface area contributed by atoms with Crippen LogP contribution in [-0.4, -0.2) is 4.98 Å². The normalized spacial score (nSPS) is 10.7. The number of aromatic nitrogens is 1. The zero-order valence-electron chi connectivity index (χ0n) is 10.9. The Labute approximate surface area is 130 Å². The van der Waals surface area contributed by atoms with Crippen LogP contribution in [-0.2, 0) is 0 Å². The van der Waals surface area contributed by atoms with E-state index in [1.54, 1.807) is 11.3 Å². The van der Waals surface area contributed by atoms with E-state index in [1.807, 2.05) is 29.6 Å². The van der Waals surface area contributed by atoms with Crippen LogP contribution in [0.1, 0.15) is 5.56 Å². The van der Waals surface area contributed by atoms with Gasteiger partial charge in [0.25, 0.3) is 0 Å². The fourth-order valence-electron chi connectivity index (χ4n) is 2.05.